The second-order valence-electron chi connectivity index (χ2n) is 3.93. The van der Waals surface area contributed by atoms with Crippen LogP contribution in [0, 0.1) is 0 Å². The van der Waals surface area contributed by atoms with Crippen molar-refractivity contribution in [3.8, 4) is 0 Å². The topological polar surface area (TPSA) is 64.1 Å². The van der Waals surface area contributed by atoms with Crippen LogP contribution < -0.4 is 11.1 Å². The lowest BCUT2D eigenvalue weighted by Crippen LogP contribution is -2.18. The number of pyridine rings is 1. The van der Waals surface area contributed by atoms with Crippen LogP contribution in [0.25, 0.3) is 0 Å². The minimum absolute atomic E-state index is 0.230. The molecule has 17 heavy (non-hydrogen) atoms. The fourth-order valence-electron chi connectivity index (χ4n) is 1.57. The molecule has 0 bridgehead atoms. The zero-order valence-corrected chi connectivity index (χ0v) is 11.1. The van der Waals surface area contributed by atoms with E-state index in [0.717, 1.165) is 22.5 Å². The molecular weight excluding hydrogens is 282 g/mol. The molecule has 5 heteroatoms. The first kappa shape index (κ1) is 12.0. The van der Waals surface area contributed by atoms with Gasteiger partial charge in [0.25, 0.3) is 0 Å². The molecule has 2 heterocycles. The van der Waals surface area contributed by atoms with Crippen LogP contribution >= 0.6 is 15.9 Å². The molecule has 1 atom stereocenters. The van der Waals surface area contributed by atoms with Gasteiger partial charge in [0.2, 0.25) is 0 Å². The number of halogens is 1. The third kappa shape index (κ3) is 3.23. The predicted octanol–water partition coefficient (Wildman–Crippen LogP) is 3.06. The van der Waals surface area contributed by atoms with E-state index < -0.39 is 0 Å². The fraction of sp³-hybridized carbons (Fsp3) is 0.250. The van der Waals surface area contributed by atoms with Crippen molar-refractivity contribution >= 4 is 27.4 Å². The van der Waals surface area contributed by atoms with Gasteiger partial charge in [0.05, 0.1) is 22.6 Å². The van der Waals surface area contributed by atoms with E-state index in [9.17, 15) is 0 Å². The van der Waals surface area contributed by atoms with E-state index in [4.69, 9.17) is 10.2 Å². The standard InChI is InChI=1S/C12H14BrN3O/c1-8(5-10-3-2-4-17-10)16-12-11(13)6-9(14)7-15-12/h2-4,6-8H,5,14H2,1H3,(H,15,16). The SMILES string of the molecule is CC(Cc1ccco1)Nc1ncc(N)cc1Br. The molecule has 90 valence electrons. The number of nitrogens with zero attached hydrogens (tertiary/aromatic N) is 1. The van der Waals surface area contributed by atoms with E-state index >= 15 is 0 Å². The summed E-state index contributed by atoms with van der Waals surface area (Å²) in [6.07, 6.45) is 4.12. The van der Waals surface area contributed by atoms with Gasteiger partial charge < -0.3 is 15.5 Å². The largest absolute Gasteiger partial charge is 0.469 e. The molecule has 0 aliphatic rings. The average Bonchev–Trinajstić information content (AvgIpc) is 2.75. The van der Waals surface area contributed by atoms with Gasteiger partial charge in [-0.3, -0.25) is 0 Å². The molecule has 2 aromatic heterocycles. The Labute approximate surface area is 108 Å². The highest BCUT2D eigenvalue weighted by Crippen LogP contribution is 2.22. The molecule has 0 radical (unpaired) electrons. The Balaban J connectivity index is 2.00. The van der Waals surface area contributed by atoms with Crippen LogP contribution in [0.5, 0.6) is 0 Å². The number of rotatable bonds is 4. The lowest BCUT2D eigenvalue weighted by atomic mass is 10.2. The van der Waals surface area contributed by atoms with E-state index in [1.165, 1.54) is 0 Å². The van der Waals surface area contributed by atoms with Crippen molar-refractivity contribution in [1.82, 2.24) is 4.98 Å². The summed E-state index contributed by atoms with van der Waals surface area (Å²) in [6.45, 7) is 2.08. The number of nitrogen functional groups attached to an aromatic ring is 1. The monoisotopic (exact) mass is 295 g/mol. The summed E-state index contributed by atoms with van der Waals surface area (Å²) >= 11 is 3.43. The molecule has 0 aromatic carbocycles. The molecule has 0 aliphatic heterocycles. The molecular formula is C12H14BrN3O. The first-order chi connectivity index (χ1) is 8.15. The van der Waals surface area contributed by atoms with Gasteiger partial charge in [-0.1, -0.05) is 0 Å². The lowest BCUT2D eigenvalue weighted by molar-refractivity contribution is 0.497. The van der Waals surface area contributed by atoms with E-state index in [0.29, 0.717) is 5.69 Å². The minimum atomic E-state index is 0.230. The van der Waals surface area contributed by atoms with Crippen molar-refractivity contribution in [2.75, 3.05) is 11.1 Å². The van der Waals surface area contributed by atoms with Crippen LogP contribution in [0.2, 0.25) is 0 Å². The van der Waals surface area contributed by atoms with Crippen molar-refractivity contribution in [3.05, 3.63) is 40.9 Å². The highest BCUT2D eigenvalue weighted by Gasteiger charge is 2.08. The molecule has 1 unspecified atom stereocenters. The number of anilines is 2. The molecule has 2 aromatic rings. The van der Waals surface area contributed by atoms with Gasteiger partial charge >= 0.3 is 0 Å². The van der Waals surface area contributed by atoms with Crippen LogP contribution in [0.4, 0.5) is 11.5 Å². The fourth-order valence-corrected chi connectivity index (χ4v) is 2.06. The number of hydrogen-bond acceptors (Lipinski definition) is 4. The highest BCUT2D eigenvalue weighted by atomic mass is 79.9. The van der Waals surface area contributed by atoms with Crippen molar-refractivity contribution in [2.24, 2.45) is 0 Å². The van der Waals surface area contributed by atoms with Crippen LogP contribution in [0.3, 0.4) is 0 Å². The third-order valence-electron chi connectivity index (χ3n) is 2.33. The molecule has 4 nitrogen and oxygen atoms in total. The van der Waals surface area contributed by atoms with Crippen molar-refractivity contribution in [2.45, 2.75) is 19.4 Å². The summed E-state index contributed by atoms with van der Waals surface area (Å²) < 4.78 is 6.16. The third-order valence-corrected chi connectivity index (χ3v) is 2.94. The molecule has 0 spiro atoms. The summed E-state index contributed by atoms with van der Waals surface area (Å²) in [7, 11) is 0. The molecule has 0 saturated heterocycles. The Hall–Kier alpha value is -1.49. The number of hydrogen-bond donors (Lipinski definition) is 2. The normalized spacial score (nSPS) is 12.4. The van der Waals surface area contributed by atoms with Gasteiger partial charge in [0.15, 0.2) is 0 Å². The lowest BCUT2D eigenvalue weighted by Gasteiger charge is -2.14. The average molecular weight is 296 g/mol. The predicted molar refractivity (Wildman–Crippen MR) is 71.8 cm³/mol. The van der Waals surface area contributed by atoms with Crippen LogP contribution in [0.15, 0.2) is 39.5 Å². The Morgan fingerprint density at radius 1 is 1.59 bits per heavy atom. The summed E-state index contributed by atoms with van der Waals surface area (Å²) in [5, 5.41) is 3.30. The molecule has 0 amide bonds. The maximum absolute atomic E-state index is 5.63. The Kier molecular flexibility index (Phi) is 3.68. The zero-order valence-electron chi connectivity index (χ0n) is 9.48. The van der Waals surface area contributed by atoms with Crippen LogP contribution in [0.1, 0.15) is 12.7 Å². The van der Waals surface area contributed by atoms with E-state index in [-0.39, 0.29) is 6.04 Å². The molecule has 0 saturated carbocycles. The zero-order chi connectivity index (χ0) is 12.3. The maximum atomic E-state index is 5.63. The molecule has 0 fully saturated rings. The van der Waals surface area contributed by atoms with Crippen LogP contribution in [-0.2, 0) is 6.42 Å². The molecule has 0 aliphatic carbocycles. The quantitative estimate of drug-likeness (QED) is 0.910. The Morgan fingerprint density at radius 3 is 3.06 bits per heavy atom. The van der Waals surface area contributed by atoms with Gasteiger partial charge in [0, 0.05) is 12.5 Å². The number of nitrogens with two attached hydrogens (primary N) is 1. The number of nitrogens with one attached hydrogen (secondary N) is 1. The number of furan rings is 1. The van der Waals surface area contributed by atoms with Crippen LogP contribution in [-0.4, -0.2) is 11.0 Å². The van der Waals surface area contributed by atoms with Gasteiger partial charge in [0.1, 0.15) is 11.6 Å². The smallest absolute Gasteiger partial charge is 0.140 e. The number of aromatic nitrogens is 1. The summed E-state index contributed by atoms with van der Waals surface area (Å²) in [6, 6.07) is 5.91. The van der Waals surface area contributed by atoms with Gasteiger partial charge in [-0.2, -0.15) is 0 Å². The summed E-state index contributed by atoms with van der Waals surface area (Å²) in [5.74, 6) is 1.75. The first-order valence-corrected chi connectivity index (χ1v) is 6.14. The minimum Gasteiger partial charge on any atom is -0.469 e. The first-order valence-electron chi connectivity index (χ1n) is 5.35. The van der Waals surface area contributed by atoms with Crippen molar-refractivity contribution in [3.63, 3.8) is 0 Å². The Morgan fingerprint density at radius 2 is 2.41 bits per heavy atom. The van der Waals surface area contributed by atoms with Gasteiger partial charge in [-0.25, -0.2) is 4.98 Å². The van der Waals surface area contributed by atoms with Crippen molar-refractivity contribution < 1.29 is 4.42 Å². The Bertz CT molecular complexity index is 485. The summed E-state index contributed by atoms with van der Waals surface area (Å²) in [5.41, 5.74) is 6.27. The molecule has 2 rings (SSSR count). The van der Waals surface area contributed by atoms with E-state index in [1.54, 1.807) is 12.5 Å². The highest BCUT2D eigenvalue weighted by molar-refractivity contribution is 9.10. The second-order valence-corrected chi connectivity index (χ2v) is 4.78. The maximum Gasteiger partial charge on any atom is 0.140 e. The van der Waals surface area contributed by atoms with Gasteiger partial charge in [-0.05, 0) is 41.1 Å². The second kappa shape index (κ2) is 5.23. The van der Waals surface area contributed by atoms with E-state index in [2.05, 4.69) is 33.2 Å². The van der Waals surface area contributed by atoms with Gasteiger partial charge in [-0.15, -0.1) is 0 Å². The van der Waals surface area contributed by atoms with E-state index in [1.807, 2.05) is 18.2 Å². The van der Waals surface area contributed by atoms with Crippen molar-refractivity contribution in [1.29, 1.82) is 0 Å². The summed E-state index contributed by atoms with van der Waals surface area (Å²) in [4.78, 5) is 4.23. The molecule has 3 N–H and O–H groups in total.